The van der Waals surface area contributed by atoms with Crippen molar-refractivity contribution in [1.82, 2.24) is 5.32 Å². The van der Waals surface area contributed by atoms with Gasteiger partial charge in [0.05, 0.1) is 8.95 Å². The number of phenols is 1. The van der Waals surface area contributed by atoms with Gasteiger partial charge in [-0.3, -0.25) is 4.79 Å². The molecule has 0 radical (unpaired) electrons. The molecule has 6 heteroatoms. The molecule has 0 saturated carbocycles. The van der Waals surface area contributed by atoms with Crippen molar-refractivity contribution in [2.75, 3.05) is 6.54 Å². The molecular weight excluding hydrogens is 364 g/mol. The Hall–Kier alpha value is -0.590. The van der Waals surface area contributed by atoms with Crippen molar-refractivity contribution in [2.24, 2.45) is 5.73 Å². The normalized spacial score (nSPS) is 10.6. The molecule has 0 fully saturated rings. The van der Waals surface area contributed by atoms with Crippen molar-refractivity contribution >= 4 is 37.8 Å². The van der Waals surface area contributed by atoms with Gasteiger partial charge in [-0.05, 0) is 68.9 Å². The highest BCUT2D eigenvalue weighted by Gasteiger charge is 2.05. The fraction of sp³-hybridized carbons (Fsp3) is 0.417. The minimum absolute atomic E-state index is 0.209. The average Bonchev–Trinajstić information content (AvgIpc) is 2.30. The Bertz CT molecular complexity index is 402. The third-order valence-electron chi connectivity index (χ3n) is 2.43. The number of benzene rings is 1. The molecule has 0 aliphatic rings. The van der Waals surface area contributed by atoms with Gasteiger partial charge in [0.25, 0.3) is 0 Å². The van der Waals surface area contributed by atoms with E-state index < -0.39 is 0 Å². The van der Waals surface area contributed by atoms with Crippen LogP contribution in [0.25, 0.3) is 0 Å². The summed E-state index contributed by atoms with van der Waals surface area (Å²) in [5, 5.41) is 12.8. The van der Waals surface area contributed by atoms with Crippen LogP contribution in [0.15, 0.2) is 21.1 Å². The number of hydrogen-bond acceptors (Lipinski definition) is 3. The molecule has 18 heavy (non-hydrogen) atoms. The molecular formula is C12H16Br2N2O2. The molecule has 1 rings (SSSR count). The lowest BCUT2D eigenvalue weighted by molar-refractivity contribution is -0.118. The first kappa shape index (κ1) is 15.5. The zero-order chi connectivity index (χ0) is 13.5. The fourth-order valence-corrected chi connectivity index (χ4v) is 2.78. The maximum atomic E-state index is 10.5. The number of nitrogens with two attached hydrogens (primary N) is 1. The van der Waals surface area contributed by atoms with Gasteiger partial charge in [0.2, 0.25) is 5.91 Å². The number of carbonyl (C=O) groups excluding carboxylic acids is 1. The van der Waals surface area contributed by atoms with Crippen molar-refractivity contribution in [1.29, 1.82) is 0 Å². The Kier molecular flexibility index (Phi) is 6.67. The third-order valence-corrected chi connectivity index (χ3v) is 3.64. The van der Waals surface area contributed by atoms with Gasteiger partial charge in [0.1, 0.15) is 5.75 Å². The molecule has 0 unspecified atom stereocenters. The highest BCUT2D eigenvalue weighted by molar-refractivity contribution is 9.11. The maximum absolute atomic E-state index is 10.5. The molecule has 0 saturated heterocycles. The molecule has 0 aliphatic heterocycles. The summed E-state index contributed by atoms with van der Waals surface area (Å²) >= 11 is 6.58. The summed E-state index contributed by atoms with van der Waals surface area (Å²) in [5.41, 5.74) is 6.12. The maximum Gasteiger partial charge on any atom is 0.217 e. The van der Waals surface area contributed by atoms with Crippen molar-refractivity contribution in [3.05, 3.63) is 26.6 Å². The number of rotatable bonds is 7. The predicted octanol–water partition coefficient (Wildman–Crippen LogP) is 2.66. The summed E-state index contributed by atoms with van der Waals surface area (Å²) < 4.78 is 1.34. The summed E-state index contributed by atoms with van der Waals surface area (Å²) in [5.74, 6) is -0.0402. The number of aromatic hydroxyl groups is 1. The lowest BCUT2D eigenvalue weighted by Crippen LogP contribution is -2.16. The van der Waals surface area contributed by atoms with Gasteiger partial charge in [-0.1, -0.05) is 0 Å². The van der Waals surface area contributed by atoms with Crippen molar-refractivity contribution in [3.8, 4) is 5.75 Å². The SMILES string of the molecule is NC(=O)CCCCNCc1cc(Br)c(O)c(Br)c1. The van der Waals surface area contributed by atoms with E-state index in [4.69, 9.17) is 5.73 Å². The molecule has 1 amide bonds. The van der Waals surface area contributed by atoms with Crippen molar-refractivity contribution in [2.45, 2.75) is 25.8 Å². The van der Waals surface area contributed by atoms with Crippen LogP contribution in [0.1, 0.15) is 24.8 Å². The predicted molar refractivity (Wildman–Crippen MR) is 78.3 cm³/mol. The van der Waals surface area contributed by atoms with Crippen molar-refractivity contribution in [3.63, 3.8) is 0 Å². The van der Waals surface area contributed by atoms with Gasteiger partial charge in [-0.15, -0.1) is 0 Å². The van der Waals surface area contributed by atoms with E-state index in [0.717, 1.165) is 24.9 Å². The van der Waals surface area contributed by atoms with Gasteiger partial charge in [0.15, 0.2) is 0 Å². The Labute approximate surface area is 123 Å². The molecule has 0 aromatic heterocycles. The summed E-state index contributed by atoms with van der Waals surface area (Å²) in [6.07, 6.45) is 2.17. The average molecular weight is 380 g/mol. The minimum atomic E-state index is -0.249. The molecule has 1 aromatic rings. The van der Waals surface area contributed by atoms with Crippen LogP contribution in [-0.2, 0) is 11.3 Å². The topological polar surface area (TPSA) is 75.4 Å². The standard InChI is InChI=1S/C12H16Br2N2O2/c13-9-5-8(6-10(14)12(9)18)7-16-4-2-1-3-11(15)17/h5-6,16,18H,1-4,7H2,(H2,15,17). The third kappa shape index (κ3) is 5.37. The summed E-state index contributed by atoms with van der Waals surface area (Å²) in [6, 6.07) is 3.74. The van der Waals surface area contributed by atoms with Gasteiger partial charge < -0.3 is 16.2 Å². The number of phenolic OH excluding ortho intramolecular Hbond substituents is 1. The molecule has 0 aliphatic carbocycles. The van der Waals surface area contributed by atoms with Crippen LogP contribution in [0, 0.1) is 0 Å². The van der Waals surface area contributed by atoms with E-state index in [9.17, 15) is 9.90 Å². The quantitative estimate of drug-likeness (QED) is 0.637. The van der Waals surface area contributed by atoms with E-state index in [2.05, 4.69) is 37.2 Å². The van der Waals surface area contributed by atoms with E-state index in [1.54, 1.807) is 0 Å². The largest absolute Gasteiger partial charge is 0.506 e. The lowest BCUT2D eigenvalue weighted by Gasteiger charge is -2.07. The number of primary amides is 1. The van der Waals surface area contributed by atoms with Crippen LogP contribution in [0.3, 0.4) is 0 Å². The Balaban J connectivity index is 2.29. The van der Waals surface area contributed by atoms with Crippen LogP contribution < -0.4 is 11.1 Å². The molecule has 4 N–H and O–H groups in total. The molecule has 0 atom stereocenters. The van der Waals surface area contributed by atoms with Crippen LogP contribution in [0.4, 0.5) is 0 Å². The van der Waals surface area contributed by atoms with E-state index in [1.165, 1.54) is 0 Å². The monoisotopic (exact) mass is 378 g/mol. The number of hydrogen-bond donors (Lipinski definition) is 3. The van der Waals surface area contributed by atoms with E-state index in [0.29, 0.717) is 21.9 Å². The minimum Gasteiger partial charge on any atom is -0.506 e. The van der Waals surface area contributed by atoms with Crippen LogP contribution >= 0.6 is 31.9 Å². The van der Waals surface area contributed by atoms with Gasteiger partial charge in [-0.2, -0.15) is 0 Å². The Morgan fingerprint density at radius 3 is 2.44 bits per heavy atom. The zero-order valence-electron chi connectivity index (χ0n) is 9.88. The van der Waals surface area contributed by atoms with Gasteiger partial charge in [-0.25, -0.2) is 0 Å². The van der Waals surface area contributed by atoms with E-state index >= 15 is 0 Å². The highest BCUT2D eigenvalue weighted by atomic mass is 79.9. The summed E-state index contributed by atoms with van der Waals surface area (Å²) in [7, 11) is 0. The molecule has 0 spiro atoms. The second-order valence-corrected chi connectivity index (χ2v) is 5.72. The number of unbranched alkanes of at least 4 members (excludes halogenated alkanes) is 1. The molecule has 100 valence electrons. The first-order valence-corrected chi connectivity index (χ1v) is 7.25. The first-order valence-electron chi connectivity index (χ1n) is 5.66. The summed E-state index contributed by atoms with van der Waals surface area (Å²) in [6.45, 7) is 1.55. The molecule has 0 heterocycles. The highest BCUT2D eigenvalue weighted by Crippen LogP contribution is 2.33. The number of halogens is 2. The fourth-order valence-electron chi connectivity index (χ4n) is 1.50. The smallest absolute Gasteiger partial charge is 0.217 e. The Morgan fingerprint density at radius 1 is 1.28 bits per heavy atom. The Morgan fingerprint density at radius 2 is 1.89 bits per heavy atom. The van der Waals surface area contributed by atoms with Gasteiger partial charge in [0, 0.05) is 13.0 Å². The van der Waals surface area contributed by atoms with Crippen molar-refractivity contribution < 1.29 is 9.90 Å². The number of amides is 1. The molecule has 0 bridgehead atoms. The first-order chi connectivity index (χ1) is 8.50. The molecule has 4 nitrogen and oxygen atoms in total. The van der Waals surface area contributed by atoms with Crippen LogP contribution in [-0.4, -0.2) is 17.6 Å². The number of carbonyl (C=O) groups is 1. The second-order valence-electron chi connectivity index (χ2n) is 4.01. The zero-order valence-corrected chi connectivity index (χ0v) is 13.1. The van der Waals surface area contributed by atoms with E-state index in [-0.39, 0.29) is 11.7 Å². The number of nitrogens with one attached hydrogen (secondary N) is 1. The van der Waals surface area contributed by atoms with Gasteiger partial charge >= 0.3 is 0 Å². The van der Waals surface area contributed by atoms with E-state index in [1.807, 2.05) is 12.1 Å². The molecule has 1 aromatic carbocycles. The summed E-state index contributed by atoms with van der Waals surface area (Å²) in [4.78, 5) is 10.5. The van der Waals surface area contributed by atoms with Crippen LogP contribution in [0.2, 0.25) is 0 Å². The second kappa shape index (κ2) is 7.76. The lowest BCUT2D eigenvalue weighted by atomic mass is 10.2. The van der Waals surface area contributed by atoms with Crippen LogP contribution in [0.5, 0.6) is 5.75 Å².